The Balaban J connectivity index is 1.88. The van der Waals surface area contributed by atoms with E-state index in [2.05, 4.69) is 17.1 Å². The van der Waals surface area contributed by atoms with Crippen LogP contribution in [0.5, 0.6) is 0 Å². The highest BCUT2D eigenvalue weighted by Gasteiger charge is 2.19. The molecule has 0 aliphatic carbocycles. The normalized spacial score (nSPS) is 18.5. The van der Waals surface area contributed by atoms with Crippen LogP contribution >= 0.6 is 0 Å². The highest BCUT2D eigenvalue weighted by Crippen LogP contribution is 2.16. The molecule has 1 aliphatic heterocycles. The zero-order valence-corrected chi connectivity index (χ0v) is 8.98. The Hall–Kier alpha value is -1.07. The van der Waals surface area contributed by atoms with Gasteiger partial charge in [0, 0.05) is 25.3 Å². The van der Waals surface area contributed by atoms with Crippen LogP contribution in [0.1, 0.15) is 18.6 Å². The number of nitrogens with two attached hydrogens (primary N) is 1. The van der Waals surface area contributed by atoms with Crippen LogP contribution in [-0.2, 0) is 11.3 Å². The molecule has 0 aromatic carbocycles. The lowest BCUT2D eigenvalue weighted by Gasteiger charge is -2.30. The van der Waals surface area contributed by atoms with Gasteiger partial charge in [0.1, 0.15) is 0 Å². The molecule has 0 atom stereocenters. The maximum Gasteiger partial charge on any atom is 0.167 e. The van der Waals surface area contributed by atoms with Crippen LogP contribution in [0.25, 0.3) is 0 Å². The van der Waals surface area contributed by atoms with Crippen LogP contribution < -0.4 is 5.73 Å². The Labute approximate surface area is 89.2 Å². The summed E-state index contributed by atoms with van der Waals surface area (Å²) in [6, 6.07) is 2.35. The van der Waals surface area contributed by atoms with Gasteiger partial charge in [0.2, 0.25) is 0 Å². The Kier molecular flexibility index (Phi) is 3.23. The predicted molar refractivity (Wildman–Crippen MR) is 56.2 cm³/mol. The van der Waals surface area contributed by atoms with Gasteiger partial charge in [0.05, 0.1) is 6.54 Å². The van der Waals surface area contributed by atoms with E-state index in [1.807, 2.05) is 0 Å². The van der Waals surface area contributed by atoms with Crippen molar-refractivity contribution >= 4 is 5.82 Å². The van der Waals surface area contributed by atoms with Crippen molar-refractivity contribution in [3.05, 3.63) is 11.8 Å². The summed E-state index contributed by atoms with van der Waals surface area (Å²) >= 11 is 0. The van der Waals surface area contributed by atoms with E-state index in [9.17, 15) is 0 Å². The van der Waals surface area contributed by atoms with Crippen LogP contribution in [0.3, 0.4) is 0 Å². The maximum atomic E-state index is 5.49. The number of ether oxygens (including phenoxy) is 1. The van der Waals surface area contributed by atoms with Gasteiger partial charge in [0.25, 0.3) is 0 Å². The van der Waals surface area contributed by atoms with Crippen molar-refractivity contribution in [2.24, 2.45) is 0 Å². The fourth-order valence-electron chi connectivity index (χ4n) is 1.90. The molecule has 15 heavy (non-hydrogen) atoms. The summed E-state index contributed by atoms with van der Waals surface area (Å²) in [6.07, 6.45) is 2.17. The smallest absolute Gasteiger partial charge is 0.167 e. The highest BCUT2D eigenvalue weighted by molar-refractivity contribution is 5.26. The van der Waals surface area contributed by atoms with Crippen LogP contribution in [0.15, 0.2) is 10.6 Å². The Morgan fingerprint density at radius 1 is 1.53 bits per heavy atom. The lowest BCUT2D eigenvalue weighted by molar-refractivity contribution is 0.0381. The molecule has 5 heteroatoms. The summed E-state index contributed by atoms with van der Waals surface area (Å²) in [5.74, 6) is 1.27. The van der Waals surface area contributed by atoms with E-state index in [0.717, 1.165) is 38.4 Å². The number of anilines is 1. The molecule has 1 saturated heterocycles. The molecule has 2 heterocycles. The van der Waals surface area contributed by atoms with Crippen molar-refractivity contribution in [2.75, 3.05) is 26.0 Å². The largest absolute Gasteiger partial charge is 0.381 e. The molecule has 1 aliphatic rings. The average molecular weight is 211 g/mol. The predicted octanol–water partition coefficient (Wildman–Crippen LogP) is 0.868. The van der Waals surface area contributed by atoms with Crippen LogP contribution in [0.2, 0.25) is 0 Å². The van der Waals surface area contributed by atoms with E-state index < -0.39 is 0 Å². The van der Waals surface area contributed by atoms with Crippen LogP contribution in [0.4, 0.5) is 5.82 Å². The Bertz CT molecular complexity index is 307. The Morgan fingerprint density at radius 2 is 2.27 bits per heavy atom. The van der Waals surface area contributed by atoms with E-state index in [0.29, 0.717) is 11.9 Å². The first kappa shape index (κ1) is 10.4. The first-order valence-electron chi connectivity index (χ1n) is 5.25. The fraction of sp³-hybridized carbons (Fsp3) is 0.700. The topological polar surface area (TPSA) is 64.5 Å². The average Bonchev–Trinajstić information content (AvgIpc) is 2.65. The fourth-order valence-corrected chi connectivity index (χ4v) is 1.90. The van der Waals surface area contributed by atoms with Crippen LogP contribution in [0, 0.1) is 0 Å². The third-order valence-electron chi connectivity index (χ3n) is 2.80. The zero-order valence-electron chi connectivity index (χ0n) is 8.98. The molecule has 1 aromatic rings. The molecule has 0 spiro atoms. The lowest BCUT2D eigenvalue weighted by atomic mass is 10.1. The van der Waals surface area contributed by atoms with Gasteiger partial charge in [-0.2, -0.15) is 0 Å². The van der Waals surface area contributed by atoms with Gasteiger partial charge in [-0.05, 0) is 19.9 Å². The van der Waals surface area contributed by atoms with Gasteiger partial charge >= 0.3 is 0 Å². The molecule has 1 fully saturated rings. The molecular formula is C10H17N3O2. The first-order valence-corrected chi connectivity index (χ1v) is 5.25. The van der Waals surface area contributed by atoms with Crippen molar-refractivity contribution in [3.63, 3.8) is 0 Å². The number of nitrogen functional groups attached to an aromatic ring is 1. The first-order chi connectivity index (χ1) is 7.25. The van der Waals surface area contributed by atoms with Gasteiger partial charge in [-0.1, -0.05) is 5.16 Å². The molecule has 84 valence electrons. The molecule has 0 bridgehead atoms. The maximum absolute atomic E-state index is 5.49. The summed E-state index contributed by atoms with van der Waals surface area (Å²) in [5.41, 5.74) is 5.49. The zero-order chi connectivity index (χ0) is 10.7. The van der Waals surface area contributed by atoms with Crippen molar-refractivity contribution in [1.82, 2.24) is 10.1 Å². The number of hydrogen-bond acceptors (Lipinski definition) is 5. The lowest BCUT2D eigenvalue weighted by Crippen LogP contribution is -2.36. The molecule has 0 amide bonds. The van der Waals surface area contributed by atoms with E-state index in [1.54, 1.807) is 6.07 Å². The molecule has 5 nitrogen and oxygen atoms in total. The minimum Gasteiger partial charge on any atom is -0.381 e. The van der Waals surface area contributed by atoms with Gasteiger partial charge in [0.15, 0.2) is 11.6 Å². The standard InChI is InChI=1S/C10H17N3O2/c1-13(8-2-4-14-5-3-8)7-9-6-10(11)12-15-9/h6,8H,2-5,7H2,1H3,(H2,11,12). The number of aromatic nitrogens is 1. The third kappa shape index (κ3) is 2.70. The van der Waals surface area contributed by atoms with E-state index in [1.165, 1.54) is 0 Å². The number of hydrogen-bond donors (Lipinski definition) is 1. The van der Waals surface area contributed by atoms with E-state index >= 15 is 0 Å². The molecule has 2 rings (SSSR count). The highest BCUT2D eigenvalue weighted by atomic mass is 16.5. The quantitative estimate of drug-likeness (QED) is 0.803. The van der Waals surface area contributed by atoms with Gasteiger partial charge in [-0.3, -0.25) is 4.90 Å². The van der Waals surface area contributed by atoms with Gasteiger partial charge < -0.3 is 15.0 Å². The van der Waals surface area contributed by atoms with Crippen molar-refractivity contribution in [1.29, 1.82) is 0 Å². The molecule has 0 saturated carbocycles. The van der Waals surface area contributed by atoms with Gasteiger partial charge in [-0.15, -0.1) is 0 Å². The minimum atomic E-state index is 0.449. The summed E-state index contributed by atoms with van der Waals surface area (Å²) in [5, 5.41) is 3.67. The number of rotatable bonds is 3. The van der Waals surface area contributed by atoms with E-state index in [-0.39, 0.29) is 0 Å². The monoisotopic (exact) mass is 211 g/mol. The van der Waals surface area contributed by atoms with E-state index in [4.69, 9.17) is 15.0 Å². The minimum absolute atomic E-state index is 0.449. The van der Waals surface area contributed by atoms with Crippen LogP contribution in [-0.4, -0.2) is 36.4 Å². The summed E-state index contributed by atoms with van der Waals surface area (Å²) in [6.45, 7) is 2.47. The number of nitrogens with zero attached hydrogens (tertiary/aromatic N) is 2. The van der Waals surface area contributed by atoms with Crippen molar-refractivity contribution in [2.45, 2.75) is 25.4 Å². The molecule has 0 unspecified atom stereocenters. The second kappa shape index (κ2) is 4.63. The SMILES string of the molecule is CN(Cc1cc(N)no1)C1CCOCC1. The molecule has 1 aromatic heterocycles. The molecule has 0 radical (unpaired) electrons. The summed E-state index contributed by atoms with van der Waals surface area (Å²) < 4.78 is 10.4. The molecule has 2 N–H and O–H groups in total. The van der Waals surface area contributed by atoms with Crippen molar-refractivity contribution < 1.29 is 9.26 Å². The second-order valence-electron chi connectivity index (χ2n) is 3.98. The summed E-state index contributed by atoms with van der Waals surface area (Å²) in [4.78, 5) is 2.27. The van der Waals surface area contributed by atoms with Gasteiger partial charge in [-0.25, -0.2) is 0 Å². The second-order valence-corrected chi connectivity index (χ2v) is 3.98. The summed E-state index contributed by atoms with van der Waals surface area (Å²) in [7, 11) is 2.09. The molecular weight excluding hydrogens is 194 g/mol. The van der Waals surface area contributed by atoms with Crippen molar-refractivity contribution in [3.8, 4) is 0 Å². The third-order valence-corrected chi connectivity index (χ3v) is 2.80. The Morgan fingerprint density at radius 3 is 2.87 bits per heavy atom.